The van der Waals surface area contributed by atoms with Gasteiger partial charge in [-0.3, -0.25) is 9.78 Å². The van der Waals surface area contributed by atoms with E-state index in [2.05, 4.69) is 20.4 Å². The minimum Gasteiger partial charge on any atom is -0.352 e. The van der Waals surface area contributed by atoms with Crippen molar-refractivity contribution in [2.75, 3.05) is 23.3 Å². The van der Waals surface area contributed by atoms with Crippen molar-refractivity contribution in [1.29, 1.82) is 0 Å². The summed E-state index contributed by atoms with van der Waals surface area (Å²) in [6, 6.07) is 4.81. The molecule has 7 nitrogen and oxygen atoms in total. The number of aromatic nitrogens is 4. The summed E-state index contributed by atoms with van der Waals surface area (Å²) >= 11 is 0. The summed E-state index contributed by atoms with van der Waals surface area (Å²) < 4.78 is 28.4. The van der Waals surface area contributed by atoms with Crippen LogP contribution in [0.1, 0.15) is 16.9 Å². The number of amides is 1. The third-order valence-corrected chi connectivity index (χ3v) is 4.06. The van der Waals surface area contributed by atoms with Crippen LogP contribution in [-0.2, 0) is 0 Å². The van der Waals surface area contributed by atoms with Crippen molar-refractivity contribution < 1.29 is 13.6 Å². The fourth-order valence-corrected chi connectivity index (χ4v) is 2.78. The Hall–Kier alpha value is -3.10. The minimum absolute atomic E-state index is 0.0194. The molecule has 1 aliphatic heterocycles. The maximum atomic E-state index is 13.7. The molecule has 4 rings (SSSR count). The Balaban J connectivity index is 1.65. The first-order chi connectivity index (χ1) is 12.1. The van der Waals surface area contributed by atoms with Crippen molar-refractivity contribution in [1.82, 2.24) is 19.6 Å². The average Bonchev–Trinajstić information content (AvgIpc) is 3.22. The van der Waals surface area contributed by atoms with Gasteiger partial charge in [0.25, 0.3) is 5.91 Å². The van der Waals surface area contributed by atoms with Crippen LogP contribution in [0.3, 0.4) is 0 Å². The number of hydrogen-bond acceptors (Lipinski definition) is 5. The number of hydrogen-bond donors (Lipinski definition) is 1. The second kappa shape index (κ2) is 6.08. The molecule has 1 fully saturated rings. The summed E-state index contributed by atoms with van der Waals surface area (Å²) in [5.74, 6) is -0.619. The lowest BCUT2D eigenvalue weighted by Gasteiger charge is -2.16. The Labute approximate surface area is 141 Å². The van der Waals surface area contributed by atoms with Gasteiger partial charge >= 0.3 is 0 Å². The average molecular weight is 344 g/mol. The van der Waals surface area contributed by atoms with Gasteiger partial charge in [0.15, 0.2) is 17.2 Å². The van der Waals surface area contributed by atoms with E-state index in [1.807, 2.05) is 4.90 Å². The summed E-state index contributed by atoms with van der Waals surface area (Å²) in [4.78, 5) is 22.0. The molecule has 1 N–H and O–H groups in total. The van der Waals surface area contributed by atoms with Gasteiger partial charge in [-0.05, 0) is 24.6 Å². The quantitative estimate of drug-likeness (QED) is 0.787. The van der Waals surface area contributed by atoms with Gasteiger partial charge in [-0.25, -0.2) is 18.3 Å². The molecule has 0 bridgehead atoms. The molecule has 0 aromatic carbocycles. The van der Waals surface area contributed by atoms with Crippen molar-refractivity contribution in [2.45, 2.75) is 12.6 Å². The van der Waals surface area contributed by atoms with Crippen LogP contribution in [0.15, 0.2) is 36.8 Å². The first-order valence-corrected chi connectivity index (χ1v) is 7.76. The molecule has 0 aliphatic carbocycles. The number of nitrogens with zero attached hydrogens (tertiary/aromatic N) is 5. The van der Waals surface area contributed by atoms with Crippen molar-refractivity contribution >= 4 is 23.1 Å². The molecular formula is C16H14F2N6O. The Kier molecular flexibility index (Phi) is 3.75. The second-order valence-corrected chi connectivity index (χ2v) is 5.75. The van der Waals surface area contributed by atoms with Crippen molar-refractivity contribution in [2.24, 2.45) is 0 Å². The zero-order valence-corrected chi connectivity index (χ0v) is 13.1. The van der Waals surface area contributed by atoms with Crippen LogP contribution in [0, 0.1) is 5.82 Å². The molecule has 0 saturated carbocycles. The number of imidazole rings is 1. The highest BCUT2D eigenvalue weighted by atomic mass is 19.1. The zero-order chi connectivity index (χ0) is 17.4. The predicted molar refractivity (Wildman–Crippen MR) is 86.9 cm³/mol. The molecule has 1 unspecified atom stereocenters. The van der Waals surface area contributed by atoms with E-state index in [0.29, 0.717) is 24.4 Å². The van der Waals surface area contributed by atoms with Gasteiger partial charge in [0.1, 0.15) is 12.0 Å². The molecule has 1 amide bonds. The van der Waals surface area contributed by atoms with Gasteiger partial charge in [-0.15, -0.1) is 5.10 Å². The molecule has 0 spiro atoms. The maximum Gasteiger partial charge on any atom is 0.276 e. The third-order valence-electron chi connectivity index (χ3n) is 4.06. The highest BCUT2D eigenvalue weighted by Crippen LogP contribution is 2.21. The first kappa shape index (κ1) is 15.4. The normalized spacial score (nSPS) is 17.2. The van der Waals surface area contributed by atoms with E-state index in [4.69, 9.17) is 0 Å². The van der Waals surface area contributed by atoms with Gasteiger partial charge in [0.05, 0.1) is 24.6 Å². The third kappa shape index (κ3) is 2.88. The fourth-order valence-electron chi connectivity index (χ4n) is 2.78. The molecule has 4 heterocycles. The molecule has 1 atom stereocenters. The number of nitrogens with one attached hydrogen (secondary N) is 1. The fraction of sp³-hybridized carbons (Fsp3) is 0.250. The summed E-state index contributed by atoms with van der Waals surface area (Å²) in [7, 11) is 0. The standard InChI is InChI=1S/C16H14F2N6O/c17-10-4-6-23(9-10)15-2-1-14-20-8-13(24(14)22-15)16(25)21-12-3-5-19-7-11(12)18/h1-3,5,7-8,10H,4,6,9H2,(H,19,21,25). The number of rotatable bonds is 3. The van der Waals surface area contributed by atoms with Gasteiger partial charge in [0, 0.05) is 12.7 Å². The lowest BCUT2D eigenvalue weighted by molar-refractivity contribution is 0.102. The first-order valence-electron chi connectivity index (χ1n) is 7.76. The van der Waals surface area contributed by atoms with Crippen molar-refractivity contribution in [3.63, 3.8) is 0 Å². The van der Waals surface area contributed by atoms with Crippen molar-refractivity contribution in [3.8, 4) is 0 Å². The molecule has 9 heteroatoms. The number of fused-ring (bicyclic) bond motifs is 1. The van der Waals surface area contributed by atoms with Gasteiger partial charge < -0.3 is 10.2 Å². The van der Waals surface area contributed by atoms with E-state index in [9.17, 15) is 13.6 Å². The molecular weight excluding hydrogens is 330 g/mol. The van der Waals surface area contributed by atoms with Crippen molar-refractivity contribution in [3.05, 3.63) is 48.3 Å². The van der Waals surface area contributed by atoms with Crippen LogP contribution in [0.25, 0.3) is 5.65 Å². The molecule has 1 saturated heterocycles. The summed E-state index contributed by atoms with van der Waals surface area (Å²) in [6.07, 6.45) is 3.34. The summed E-state index contributed by atoms with van der Waals surface area (Å²) in [5, 5.41) is 6.86. The second-order valence-electron chi connectivity index (χ2n) is 5.75. The van der Waals surface area contributed by atoms with Crippen LogP contribution in [0.4, 0.5) is 20.3 Å². The SMILES string of the molecule is O=C(Nc1ccncc1F)c1cnc2ccc(N3CCC(F)C3)nn12. The molecule has 128 valence electrons. The number of halogens is 2. The van der Waals surface area contributed by atoms with Crippen LogP contribution < -0.4 is 10.2 Å². The minimum atomic E-state index is -0.877. The lowest BCUT2D eigenvalue weighted by Crippen LogP contribution is -2.23. The van der Waals surface area contributed by atoms with Gasteiger partial charge in [-0.1, -0.05) is 0 Å². The molecule has 1 aliphatic rings. The van der Waals surface area contributed by atoms with Crippen LogP contribution in [0.2, 0.25) is 0 Å². The monoisotopic (exact) mass is 344 g/mol. The van der Waals surface area contributed by atoms with E-state index in [-0.39, 0.29) is 17.9 Å². The van der Waals surface area contributed by atoms with E-state index in [1.165, 1.54) is 23.0 Å². The van der Waals surface area contributed by atoms with E-state index >= 15 is 0 Å². The summed E-state index contributed by atoms with van der Waals surface area (Å²) in [5.41, 5.74) is 0.648. The Bertz CT molecular complexity index is 943. The van der Waals surface area contributed by atoms with E-state index < -0.39 is 17.9 Å². The van der Waals surface area contributed by atoms with Gasteiger partial charge in [0.2, 0.25) is 0 Å². The van der Waals surface area contributed by atoms with E-state index in [1.54, 1.807) is 12.1 Å². The Morgan fingerprint density at radius 3 is 2.92 bits per heavy atom. The highest BCUT2D eigenvalue weighted by molar-refractivity contribution is 6.03. The number of anilines is 2. The predicted octanol–water partition coefficient (Wildman–Crippen LogP) is 2.06. The largest absolute Gasteiger partial charge is 0.352 e. The molecule has 0 radical (unpaired) electrons. The molecule has 25 heavy (non-hydrogen) atoms. The lowest BCUT2D eigenvalue weighted by atomic mass is 10.3. The number of carbonyl (C=O) groups is 1. The molecule has 3 aromatic heterocycles. The van der Waals surface area contributed by atoms with Crippen LogP contribution in [-0.4, -0.2) is 44.8 Å². The highest BCUT2D eigenvalue weighted by Gasteiger charge is 2.24. The Morgan fingerprint density at radius 1 is 1.28 bits per heavy atom. The Morgan fingerprint density at radius 2 is 2.16 bits per heavy atom. The smallest absolute Gasteiger partial charge is 0.276 e. The zero-order valence-electron chi connectivity index (χ0n) is 13.1. The van der Waals surface area contributed by atoms with E-state index in [0.717, 1.165) is 6.20 Å². The maximum absolute atomic E-state index is 13.7. The number of carbonyl (C=O) groups excluding carboxylic acids is 1. The summed E-state index contributed by atoms with van der Waals surface area (Å²) in [6.45, 7) is 0.842. The topological polar surface area (TPSA) is 75.4 Å². The van der Waals surface area contributed by atoms with Gasteiger partial charge in [-0.2, -0.15) is 0 Å². The van der Waals surface area contributed by atoms with Crippen LogP contribution >= 0.6 is 0 Å². The number of alkyl halides is 1. The van der Waals surface area contributed by atoms with Crippen LogP contribution in [0.5, 0.6) is 0 Å². The number of pyridine rings is 1. The molecule has 3 aromatic rings.